The van der Waals surface area contributed by atoms with Crippen molar-refractivity contribution < 1.29 is 4.74 Å². The Labute approximate surface area is 114 Å². The zero-order chi connectivity index (χ0) is 13.0. The number of benzene rings is 1. The van der Waals surface area contributed by atoms with Crippen LogP contribution in [0.15, 0.2) is 18.2 Å². The molecule has 2 rings (SSSR count). The third-order valence-electron chi connectivity index (χ3n) is 4.02. The van der Waals surface area contributed by atoms with E-state index in [0.717, 1.165) is 29.5 Å². The Balaban J connectivity index is 2.01. The summed E-state index contributed by atoms with van der Waals surface area (Å²) in [7, 11) is 0. The van der Waals surface area contributed by atoms with Crippen molar-refractivity contribution in [1.82, 2.24) is 0 Å². The van der Waals surface area contributed by atoms with Gasteiger partial charge in [0.05, 0.1) is 6.61 Å². The van der Waals surface area contributed by atoms with Gasteiger partial charge in [-0.05, 0) is 43.5 Å². The van der Waals surface area contributed by atoms with Crippen molar-refractivity contribution in [2.24, 2.45) is 11.1 Å². The number of aryl methyl sites for hydroxylation is 1. The second-order valence-corrected chi connectivity index (χ2v) is 5.90. The highest BCUT2D eigenvalue weighted by Gasteiger charge is 2.31. The predicted molar refractivity (Wildman–Crippen MR) is 76.3 cm³/mol. The lowest BCUT2D eigenvalue weighted by Crippen LogP contribution is -2.38. The van der Waals surface area contributed by atoms with Crippen molar-refractivity contribution in [2.45, 2.75) is 39.0 Å². The average Bonchev–Trinajstić information content (AvgIpc) is 2.39. The first-order chi connectivity index (χ1) is 8.65. The largest absolute Gasteiger partial charge is 0.493 e. The Morgan fingerprint density at radius 3 is 2.61 bits per heavy atom. The van der Waals surface area contributed by atoms with E-state index in [2.05, 4.69) is 0 Å². The van der Waals surface area contributed by atoms with Crippen molar-refractivity contribution in [2.75, 3.05) is 13.2 Å². The Kier molecular flexibility index (Phi) is 4.52. The van der Waals surface area contributed by atoms with Crippen molar-refractivity contribution >= 4 is 11.6 Å². The molecule has 1 aromatic rings. The Morgan fingerprint density at radius 2 is 2.00 bits per heavy atom. The summed E-state index contributed by atoms with van der Waals surface area (Å²) in [6.07, 6.45) is 6.27. The van der Waals surface area contributed by atoms with Crippen molar-refractivity contribution in [1.29, 1.82) is 0 Å². The van der Waals surface area contributed by atoms with E-state index in [1.807, 2.05) is 25.1 Å². The first-order valence-electron chi connectivity index (χ1n) is 6.74. The maximum Gasteiger partial charge on any atom is 0.122 e. The number of rotatable bonds is 4. The fourth-order valence-electron chi connectivity index (χ4n) is 2.71. The van der Waals surface area contributed by atoms with Crippen LogP contribution in [0, 0.1) is 12.3 Å². The van der Waals surface area contributed by atoms with E-state index in [1.165, 1.54) is 32.1 Å². The Morgan fingerprint density at radius 1 is 1.28 bits per heavy atom. The van der Waals surface area contributed by atoms with Crippen LogP contribution >= 0.6 is 11.6 Å². The molecule has 0 heterocycles. The molecule has 1 saturated carbocycles. The lowest BCUT2D eigenvalue weighted by molar-refractivity contribution is 0.105. The lowest BCUT2D eigenvalue weighted by Gasteiger charge is -2.36. The number of hydrogen-bond donors (Lipinski definition) is 1. The highest BCUT2D eigenvalue weighted by molar-refractivity contribution is 6.30. The summed E-state index contributed by atoms with van der Waals surface area (Å²) in [4.78, 5) is 0. The highest BCUT2D eigenvalue weighted by Crippen LogP contribution is 2.36. The maximum absolute atomic E-state index is 5.99. The van der Waals surface area contributed by atoms with Gasteiger partial charge in [0, 0.05) is 17.0 Å². The topological polar surface area (TPSA) is 35.2 Å². The summed E-state index contributed by atoms with van der Waals surface area (Å²) >= 11 is 5.94. The molecular weight excluding hydrogens is 246 g/mol. The molecule has 0 spiro atoms. The quantitative estimate of drug-likeness (QED) is 0.897. The normalized spacial score (nSPS) is 18.6. The van der Waals surface area contributed by atoms with Crippen molar-refractivity contribution in [3.63, 3.8) is 0 Å². The van der Waals surface area contributed by atoms with Gasteiger partial charge in [0.15, 0.2) is 0 Å². The average molecular weight is 268 g/mol. The molecule has 100 valence electrons. The van der Waals surface area contributed by atoms with Gasteiger partial charge in [-0.2, -0.15) is 0 Å². The molecule has 1 aliphatic carbocycles. The predicted octanol–water partition coefficient (Wildman–Crippen LogP) is 3.94. The van der Waals surface area contributed by atoms with Crippen LogP contribution in [-0.2, 0) is 0 Å². The summed E-state index contributed by atoms with van der Waals surface area (Å²) in [6, 6.07) is 5.76. The Bertz CT molecular complexity index is 399. The molecule has 2 nitrogen and oxygen atoms in total. The van der Waals surface area contributed by atoms with E-state index in [4.69, 9.17) is 22.1 Å². The highest BCUT2D eigenvalue weighted by atomic mass is 35.5. The molecular formula is C15H22ClNO. The summed E-state index contributed by atoms with van der Waals surface area (Å²) in [6.45, 7) is 3.48. The smallest absolute Gasteiger partial charge is 0.122 e. The minimum atomic E-state index is 0.185. The molecule has 1 aliphatic rings. The first-order valence-corrected chi connectivity index (χ1v) is 7.12. The lowest BCUT2D eigenvalue weighted by atomic mass is 9.75. The molecule has 0 amide bonds. The monoisotopic (exact) mass is 267 g/mol. The van der Waals surface area contributed by atoms with Gasteiger partial charge < -0.3 is 10.5 Å². The van der Waals surface area contributed by atoms with Gasteiger partial charge in [0.1, 0.15) is 5.75 Å². The zero-order valence-corrected chi connectivity index (χ0v) is 11.8. The van der Waals surface area contributed by atoms with E-state index >= 15 is 0 Å². The maximum atomic E-state index is 5.99. The van der Waals surface area contributed by atoms with Gasteiger partial charge in [-0.25, -0.2) is 0 Å². The van der Waals surface area contributed by atoms with Gasteiger partial charge in [-0.15, -0.1) is 0 Å². The van der Waals surface area contributed by atoms with E-state index in [-0.39, 0.29) is 5.41 Å². The molecule has 0 atom stereocenters. The fraction of sp³-hybridized carbons (Fsp3) is 0.600. The van der Waals surface area contributed by atoms with Crippen LogP contribution in [0.2, 0.25) is 5.02 Å². The molecule has 0 aliphatic heterocycles. The van der Waals surface area contributed by atoms with E-state index < -0.39 is 0 Å². The van der Waals surface area contributed by atoms with Crippen LogP contribution in [0.5, 0.6) is 5.75 Å². The fourth-order valence-corrected chi connectivity index (χ4v) is 2.94. The zero-order valence-electron chi connectivity index (χ0n) is 11.0. The third-order valence-corrected chi connectivity index (χ3v) is 4.25. The minimum absolute atomic E-state index is 0.185. The van der Waals surface area contributed by atoms with E-state index in [9.17, 15) is 0 Å². The van der Waals surface area contributed by atoms with Gasteiger partial charge in [0.25, 0.3) is 0 Å². The number of nitrogens with two attached hydrogens (primary N) is 1. The molecule has 0 bridgehead atoms. The molecule has 1 aromatic carbocycles. The summed E-state index contributed by atoms with van der Waals surface area (Å²) in [5, 5.41) is 0.756. The number of ether oxygens (including phenoxy) is 1. The molecule has 3 heteroatoms. The first kappa shape index (κ1) is 13.7. The van der Waals surface area contributed by atoms with Crippen LogP contribution in [-0.4, -0.2) is 13.2 Å². The van der Waals surface area contributed by atoms with Gasteiger partial charge in [0.2, 0.25) is 0 Å². The summed E-state index contributed by atoms with van der Waals surface area (Å²) in [5.74, 6) is 0.929. The molecule has 0 saturated heterocycles. The summed E-state index contributed by atoms with van der Waals surface area (Å²) < 4.78 is 5.99. The van der Waals surface area contributed by atoms with Crippen LogP contribution in [0.1, 0.15) is 37.7 Å². The van der Waals surface area contributed by atoms with Crippen LogP contribution in [0.3, 0.4) is 0 Å². The Hall–Kier alpha value is -0.730. The SMILES string of the molecule is Cc1cc(Cl)ccc1OCC1(CN)CCCCC1. The molecule has 0 radical (unpaired) electrons. The molecule has 2 N–H and O–H groups in total. The molecule has 0 unspecified atom stereocenters. The second-order valence-electron chi connectivity index (χ2n) is 5.46. The van der Waals surface area contributed by atoms with Crippen molar-refractivity contribution in [3.8, 4) is 5.75 Å². The van der Waals surface area contributed by atoms with Crippen LogP contribution in [0.25, 0.3) is 0 Å². The summed E-state index contributed by atoms with van der Waals surface area (Å²) in [5.41, 5.74) is 7.24. The van der Waals surface area contributed by atoms with Gasteiger partial charge in [-0.3, -0.25) is 0 Å². The molecule has 18 heavy (non-hydrogen) atoms. The molecule has 1 fully saturated rings. The van der Waals surface area contributed by atoms with Crippen molar-refractivity contribution in [3.05, 3.63) is 28.8 Å². The van der Waals surface area contributed by atoms with Gasteiger partial charge in [-0.1, -0.05) is 30.9 Å². The van der Waals surface area contributed by atoms with Gasteiger partial charge >= 0.3 is 0 Å². The van der Waals surface area contributed by atoms with Crippen LogP contribution in [0.4, 0.5) is 0 Å². The number of hydrogen-bond acceptors (Lipinski definition) is 2. The minimum Gasteiger partial charge on any atom is -0.493 e. The second kappa shape index (κ2) is 5.94. The molecule has 0 aromatic heterocycles. The standard InChI is InChI=1S/C15H22ClNO/c1-12-9-13(16)5-6-14(12)18-11-15(10-17)7-3-2-4-8-15/h5-6,9H,2-4,7-8,10-11,17H2,1H3. The van der Waals surface area contributed by atoms with E-state index in [0.29, 0.717) is 0 Å². The number of halogens is 1. The third kappa shape index (κ3) is 3.18. The van der Waals surface area contributed by atoms with E-state index in [1.54, 1.807) is 0 Å². The van der Waals surface area contributed by atoms with Crippen LogP contribution < -0.4 is 10.5 Å².